The van der Waals surface area contributed by atoms with Gasteiger partial charge in [-0.2, -0.15) is 8.42 Å². The van der Waals surface area contributed by atoms with Gasteiger partial charge < -0.3 is 14.9 Å². The maximum Gasteiger partial charge on any atom is 0.285 e. The Labute approximate surface area is 144 Å². The molecule has 0 spiro atoms. The molecular formula is C15H24ClN3O3S. The second-order valence-electron chi connectivity index (χ2n) is 5.41. The summed E-state index contributed by atoms with van der Waals surface area (Å²) in [6.07, 6.45) is -0.567. The fourth-order valence-electron chi connectivity index (χ4n) is 2.60. The highest BCUT2D eigenvalue weighted by Crippen LogP contribution is 2.26. The van der Waals surface area contributed by atoms with Crippen molar-refractivity contribution in [3.63, 3.8) is 0 Å². The summed E-state index contributed by atoms with van der Waals surface area (Å²) in [4.78, 5) is 4.06. The zero-order valence-corrected chi connectivity index (χ0v) is 15.3. The number of halogens is 1. The molecule has 23 heavy (non-hydrogen) atoms. The molecule has 0 fully saturated rings. The highest BCUT2D eigenvalue weighted by atomic mass is 35.5. The first kappa shape index (κ1) is 19.9. The Bertz CT molecular complexity index is 660. The van der Waals surface area contributed by atoms with Crippen LogP contribution in [0.1, 0.15) is 19.4 Å². The van der Waals surface area contributed by atoms with Crippen molar-refractivity contribution in [2.75, 3.05) is 33.2 Å². The number of likely N-dealkylation sites (N-methyl/N-ethyl adjacent to an activating group) is 2. The van der Waals surface area contributed by atoms with Crippen LogP contribution in [0.4, 0.5) is 0 Å². The van der Waals surface area contributed by atoms with Crippen molar-refractivity contribution in [1.29, 1.82) is 0 Å². The van der Waals surface area contributed by atoms with E-state index >= 15 is 0 Å². The number of benzene rings is 1. The second kappa shape index (κ2) is 8.10. The Balaban J connectivity index is 0.00000264. The van der Waals surface area contributed by atoms with E-state index in [4.69, 9.17) is 0 Å². The van der Waals surface area contributed by atoms with Gasteiger partial charge in [-0.1, -0.05) is 26.0 Å². The standard InChI is InChI=1S/C15H23N3O3S.ClH/c1-4-18(5-2)11-12(19)10-17(3)15-13-8-6-7-9-14(13)22(20,21)16-15;/h6-9,12,19H,4-5,10-11H2,1-3H3;1H. The van der Waals surface area contributed by atoms with Crippen molar-refractivity contribution in [1.82, 2.24) is 9.80 Å². The highest BCUT2D eigenvalue weighted by Gasteiger charge is 2.30. The van der Waals surface area contributed by atoms with E-state index in [1.54, 1.807) is 36.2 Å². The number of aliphatic hydroxyl groups excluding tert-OH is 1. The predicted octanol–water partition coefficient (Wildman–Crippen LogP) is 1.19. The predicted molar refractivity (Wildman–Crippen MR) is 93.8 cm³/mol. The van der Waals surface area contributed by atoms with Crippen molar-refractivity contribution in [2.45, 2.75) is 24.8 Å². The zero-order valence-electron chi connectivity index (χ0n) is 13.6. The molecule has 1 N–H and O–H groups in total. The number of rotatable bonds is 6. The molecule has 130 valence electrons. The Kier molecular flexibility index (Phi) is 7.01. The zero-order chi connectivity index (χ0) is 16.3. The van der Waals surface area contributed by atoms with Crippen LogP contribution in [0.5, 0.6) is 0 Å². The third kappa shape index (κ3) is 4.44. The van der Waals surface area contributed by atoms with Crippen molar-refractivity contribution >= 4 is 28.3 Å². The molecule has 1 atom stereocenters. The second-order valence-corrected chi connectivity index (χ2v) is 6.98. The normalized spacial score (nSPS) is 16.5. The van der Waals surface area contributed by atoms with Gasteiger partial charge in [-0.15, -0.1) is 16.8 Å². The molecule has 0 radical (unpaired) electrons. The molecule has 0 saturated heterocycles. The summed E-state index contributed by atoms with van der Waals surface area (Å²) in [5.74, 6) is 0.397. The van der Waals surface area contributed by atoms with Crippen LogP contribution in [0.15, 0.2) is 33.6 Å². The molecule has 1 unspecified atom stereocenters. The SMILES string of the molecule is CCN(CC)CC(O)CN(C)C1=NS(=O)(=O)c2ccccc21.Cl. The van der Waals surface area contributed by atoms with Gasteiger partial charge in [0.15, 0.2) is 5.84 Å². The minimum Gasteiger partial charge on any atom is -0.390 e. The van der Waals surface area contributed by atoms with E-state index in [0.29, 0.717) is 24.5 Å². The molecule has 0 aromatic heterocycles. The van der Waals surface area contributed by atoms with E-state index in [1.165, 1.54) is 0 Å². The van der Waals surface area contributed by atoms with Crippen LogP contribution in [0, 0.1) is 0 Å². The maximum atomic E-state index is 12.0. The van der Waals surface area contributed by atoms with Gasteiger partial charge in [0, 0.05) is 25.7 Å². The van der Waals surface area contributed by atoms with Crippen LogP contribution in [-0.2, 0) is 10.0 Å². The van der Waals surface area contributed by atoms with Gasteiger partial charge in [-0.05, 0) is 25.2 Å². The maximum absolute atomic E-state index is 12.0. The largest absolute Gasteiger partial charge is 0.390 e. The van der Waals surface area contributed by atoms with Crippen molar-refractivity contribution in [3.05, 3.63) is 29.8 Å². The van der Waals surface area contributed by atoms with E-state index in [0.717, 1.165) is 13.1 Å². The molecule has 6 nitrogen and oxygen atoms in total. The minimum absolute atomic E-state index is 0. The lowest BCUT2D eigenvalue weighted by atomic mass is 10.2. The Morgan fingerprint density at radius 1 is 1.17 bits per heavy atom. The van der Waals surface area contributed by atoms with E-state index in [2.05, 4.69) is 9.30 Å². The molecule has 0 amide bonds. The Morgan fingerprint density at radius 3 is 2.39 bits per heavy atom. The number of fused-ring (bicyclic) bond motifs is 1. The number of hydrogen-bond acceptors (Lipinski definition) is 5. The monoisotopic (exact) mass is 361 g/mol. The average molecular weight is 362 g/mol. The molecule has 0 bridgehead atoms. The molecule has 1 heterocycles. The number of nitrogens with zero attached hydrogens (tertiary/aromatic N) is 3. The molecule has 1 aromatic carbocycles. The van der Waals surface area contributed by atoms with Gasteiger partial charge in [-0.3, -0.25) is 0 Å². The third-order valence-electron chi connectivity index (χ3n) is 3.82. The van der Waals surface area contributed by atoms with Crippen LogP contribution in [0.25, 0.3) is 0 Å². The first-order chi connectivity index (χ1) is 10.4. The first-order valence-corrected chi connectivity index (χ1v) is 8.89. The summed E-state index contributed by atoms with van der Waals surface area (Å²) < 4.78 is 27.9. The quantitative estimate of drug-likeness (QED) is 0.824. The van der Waals surface area contributed by atoms with Crippen LogP contribution in [0.3, 0.4) is 0 Å². The molecule has 1 aliphatic rings. The summed E-state index contributed by atoms with van der Waals surface area (Å²) in [5.41, 5.74) is 0.597. The third-order valence-corrected chi connectivity index (χ3v) is 5.15. The lowest BCUT2D eigenvalue weighted by Crippen LogP contribution is -2.41. The van der Waals surface area contributed by atoms with Crippen molar-refractivity contribution in [2.24, 2.45) is 4.40 Å². The van der Waals surface area contributed by atoms with Crippen molar-refractivity contribution in [3.8, 4) is 0 Å². The van der Waals surface area contributed by atoms with Gasteiger partial charge in [0.2, 0.25) is 0 Å². The number of amidine groups is 1. The van der Waals surface area contributed by atoms with Crippen molar-refractivity contribution < 1.29 is 13.5 Å². The number of aliphatic hydroxyl groups is 1. The van der Waals surface area contributed by atoms with E-state index < -0.39 is 16.1 Å². The summed E-state index contributed by atoms with van der Waals surface area (Å²) in [6, 6.07) is 6.77. The Morgan fingerprint density at radius 2 is 1.78 bits per heavy atom. The number of sulfonamides is 1. The summed E-state index contributed by atoms with van der Waals surface area (Å²) in [5, 5.41) is 10.2. The topological polar surface area (TPSA) is 73.2 Å². The van der Waals surface area contributed by atoms with Gasteiger partial charge >= 0.3 is 0 Å². The Hall–Kier alpha value is -1.15. The minimum atomic E-state index is -3.61. The van der Waals surface area contributed by atoms with Gasteiger partial charge in [0.05, 0.1) is 6.10 Å². The van der Waals surface area contributed by atoms with Gasteiger partial charge in [-0.25, -0.2) is 0 Å². The molecule has 0 saturated carbocycles. The molecular weight excluding hydrogens is 338 g/mol. The van der Waals surface area contributed by atoms with Crippen LogP contribution in [0.2, 0.25) is 0 Å². The van der Waals surface area contributed by atoms with E-state index in [-0.39, 0.29) is 17.3 Å². The fraction of sp³-hybridized carbons (Fsp3) is 0.533. The number of hydrogen-bond donors (Lipinski definition) is 1. The summed E-state index contributed by atoms with van der Waals surface area (Å²) in [6.45, 7) is 6.72. The molecule has 1 aliphatic heterocycles. The molecule has 2 rings (SSSR count). The lowest BCUT2D eigenvalue weighted by molar-refractivity contribution is 0.102. The van der Waals surface area contributed by atoms with E-state index in [9.17, 15) is 13.5 Å². The summed E-state index contributed by atoms with van der Waals surface area (Å²) in [7, 11) is -1.86. The van der Waals surface area contributed by atoms with E-state index in [1.807, 2.05) is 13.8 Å². The summed E-state index contributed by atoms with van der Waals surface area (Å²) >= 11 is 0. The highest BCUT2D eigenvalue weighted by molar-refractivity contribution is 7.90. The van der Waals surface area contributed by atoms with Gasteiger partial charge in [0.25, 0.3) is 10.0 Å². The van der Waals surface area contributed by atoms with Crippen LogP contribution in [-0.4, -0.2) is 68.5 Å². The van der Waals surface area contributed by atoms with Crippen LogP contribution >= 0.6 is 12.4 Å². The molecule has 1 aromatic rings. The lowest BCUT2D eigenvalue weighted by Gasteiger charge is -2.26. The average Bonchev–Trinajstić information content (AvgIpc) is 2.77. The van der Waals surface area contributed by atoms with Crippen LogP contribution < -0.4 is 0 Å². The molecule has 8 heteroatoms. The first-order valence-electron chi connectivity index (χ1n) is 7.45. The van der Waals surface area contributed by atoms with Gasteiger partial charge in [0.1, 0.15) is 4.90 Å². The smallest absolute Gasteiger partial charge is 0.285 e. The molecule has 0 aliphatic carbocycles. The fourth-order valence-corrected chi connectivity index (χ4v) is 3.86.